The van der Waals surface area contributed by atoms with E-state index < -0.39 is 61.4 Å². The van der Waals surface area contributed by atoms with E-state index in [2.05, 4.69) is 10.6 Å². The van der Waals surface area contributed by atoms with Crippen LogP contribution in [0, 0.1) is 5.82 Å². The summed E-state index contributed by atoms with van der Waals surface area (Å²) < 4.78 is 46.8. The quantitative estimate of drug-likeness (QED) is 0.580. The molecule has 2 aromatic carbocycles. The molecule has 2 N–H and O–H groups in total. The van der Waals surface area contributed by atoms with Crippen molar-refractivity contribution in [2.24, 2.45) is 0 Å². The molecule has 0 unspecified atom stereocenters. The number of carbonyl (C=O) groups is 3. The van der Waals surface area contributed by atoms with Crippen LogP contribution in [-0.2, 0) is 25.9 Å². The molecule has 0 saturated heterocycles. The molecule has 1 aliphatic rings. The van der Waals surface area contributed by atoms with E-state index in [0.717, 1.165) is 17.0 Å². The van der Waals surface area contributed by atoms with Gasteiger partial charge in [-0.25, -0.2) is 17.6 Å². The maximum atomic E-state index is 15.0. The fraction of sp³-hybridized carbons (Fsp3) is 0.400. The summed E-state index contributed by atoms with van der Waals surface area (Å²) in [5.41, 5.74) is -0.916. The van der Waals surface area contributed by atoms with Gasteiger partial charge in [0.05, 0.1) is 28.4 Å². The number of sulfone groups is 1. The molecule has 0 aromatic heterocycles. The third-order valence-corrected chi connectivity index (χ3v) is 7.26. The Morgan fingerprint density at radius 3 is 2.38 bits per heavy atom. The van der Waals surface area contributed by atoms with Gasteiger partial charge in [-0.2, -0.15) is 0 Å². The zero-order valence-electron chi connectivity index (χ0n) is 21.1. The normalized spacial score (nSPS) is 17.1. The number of nitrogens with zero attached hydrogens (tertiary/aromatic N) is 1. The van der Waals surface area contributed by atoms with E-state index >= 15 is 4.39 Å². The number of amides is 3. The van der Waals surface area contributed by atoms with E-state index in [1.54, 1.807) is 58.9 Å². The molecule has 0 spiro atoms. The Hall–Kier alpha value is -3.18. The van der Waals surface area contributed by atoms with Crippen LogP contribution in [0.4, 0.5) is 14.9 Å². The molecule has 200 valence electrons. The van der Waals surface area contributed by atoms with Crippen LogP contribution in [0.15, 0.2) is 41.3 Å². The SMILES string of the molecule is CC(C)NC(=O)c1cc2c(cc1F)S(=O)(=O)C[C@H](NC(=O)OC(C)(C)C)C(=O)N2Cc1ccc(Cl)cc1. The number of hydrogen-bond acceptors (Lipinski definition) is 6. The average Bonchev–Trinajstić information content (AvgIpc) is 2.82. The summed E-state index contributed by atoms with van der Waals surface area (Å²) in [5, 5.41) is 5.35. The van der Waals surface area contributed by atoms with E-state index in [-0.39, 0.29) is 18.3 Å². The van der Waals surface area contributed by atoms with Crippen LogP contribution >= 0.6 is 11.6 Å². The lowest BCUT2D eigenvalue weighted by Gasteiger charge is -2.27. The minimum absolute atomic E-state index is 0.137. The highest BCUT2D eigenvalue weighted by Crippen LogP contribution is 2.34. The van der Waals surface area contributed by atoms with Crippen LogP contribution in [0.25, 0.3) is 0 Å². The van der Waals surface area contributed by atoms with Crippen molar-refractivity contribution in [3.63, 3.8) is 0 Å². The maximum Gasteiger partial charge on any atom is 0.408 e. The van der Waals surface area contributed by atoms with Gasteiger partial charge in [-0.15, -0.1) is 0 Å². The number of rotatable bonds is 5. The maximum absolute atomic E-state index is 15.0. The molecule has 1 heterocycles. The largest absolute Gasteiger partial charge is 0.444 e. The van der Waals surface area contributed by atoms with Crippen molar-refractivity contribution < 1.29 is 31.9 Å². The smallest absolute Gasteiger partial charge is 0.408 e. The lowest BCUT2D eigenvalue weighted by molar-refractivity contribution is -0.120. The van der Waals surface area contributed by atoms with Crippen molar-refractivity contribution in [1.82, 2.24) is 10.6 Å². The first-order valence-corrected chi connectivity index (χ1v) is 13.5. The zero-order chi connectivity index (χ0) is 27.7. The molecule has 0 saturated carbocycles. The molecule has 3 amide bonds. The van der Waals surface area contributed by atoms with Gasteiger partial charge in [0.15, 0.2) is 9.84 Å². The molecular weight excluding hydrogens is 525 g/mol. The number of benzene rings is 2. The second kappa shape index (κ2) is 10.7. The van der Waals surface area contributed by atoms with Crippen molar-refractivity contribution >= 4 is 45.0 Å². The summed E-state index contributed by atoms with van der Waals surface area (Å²) >= 11 is 5.97. The number of halogens is 2. The second-order valence-electron chi connectivity index (χ2n) is 9.96. The Bertz CT molecular complexity index is 1320. The summed E-state index contributed by atoms with van der Waals surface area (Å²) in [4.78, 5) is 39.4. The number of fused-ring (bicyclic) bond motifs is 1. The van der Waals surface area contributed by atoms with Crippen LogP contribution < -0.4 is 15.5 Å². The van der Waals surface area contributed by atoms with Crippen LogP contribution in [-0.4, -0.2) is 49.8 Å². The van der Waals surface area contributed by atoms with Crippen molar-refractivity contribution in [1.29, 1.82) is 0 Å². The molecule has 0 radical (unpaired) electrons. The molecule has 2 aromatic rings. The van der Waals surface area contributed by atoms with Crippen molar-refractivity contribution in [3.8, 4) is 0 Å². The Balaban J connectivity index is 2.15. The zero-order valence-corrected chi connectivity index (χ0v) is 22.7. The van der Waals surface area contributed by atoms with E-state index in [4.69, 9.17) is 16.3 Å². The molecule has 12 heteroatoms. The molecule has 37 heavy (non-hydrogen) atoms. The summed E-state index contributed by atoms with van der Waals surface area (Å²) in [6, 6.07) is 6.40. The van der Waals surface area contributed by atoms with Crippen molar-refractivity contribution in [3.05, 3.63) is 58.4 Å². The van der Waals surface area contributed by atoms with E-state index in [0.29, 0.717) is 10.6 Å². The Morgan fingerprint density at radius 2 is 1.81 bits per heavy atom. The van der Waals surface area contributed by atoms with Gasteiger partial charge >= 0.3 is 6.09 Å². The summed E-state index contributed by atoms with van der Waals surface area (Å²) in [5.74, 6) is -3.42. The van der Waals surface area contributed by atoms with Crippen molar-refractivity contribution in [2.75, 3.05) is 10.7 Å². The second-order valence-corrected chi connectivity index (χ2v) is 12.4. The lowest BCUT2D eigenvalue weighted by atomic mass is 10.1. The van der Waals surface area contributed by atoms with E-state index in [1.165, 1.54) is 0 Å². The minimum atomic E-state index is -4.30. The van der Waals surface area contributed by atoms with Gasteiger partial charge in [-0.05, 0) is 64.4 Å². The average molecular weight is 554 g/mol. The monoisotopic (exact) mass is 553 g/mol. The molecule has 0 aliphatic carbocycles. The highest BCUT2D eigenvalue weighted by Gasteiger charge is 2.40. The fourth-order valence-corrected chi connectivity index (χ4v) is 5.43. The summed E-state index contributed by atoms with van der Waals surface area (Å²) in [6.45, 7) is 8.09. The van der Waals surface area contributed by atoms with Crippen molar-refractivity contribution in [2.45, 2.75) is 63.7 Å². The number of hydrogen-bond donors (Lipinski definition) is 2. The first-order chi connectivity index (χ1) is 17.1. The highest BCUT2D eigenvalue weighted by molar-refractivity contribution is 7.91. The number of carbonyl (C=O) groups excluding carboxylic acids is 3. The predicted molar refractivity (Wildman–Crippen MR) is 137 cm³/mol. The topological polar surface area (TPSA) is 122 Å². The lowest BCUT2D eigenvalue weighted by Crippen LogP contribution is -2.51. The minimum Gasteiger partial charge on any atom is -0.444 e. The highest BCUT2D eigenvalue weighted by atomic mass is 35.5. The number of anilines is 1. The third kappa shape index (κ3) is 6.98. The molecule has 9 nitrogen and oxygen atoms in total. The first-order valence-electron chi connectivity index (χ1n) is 11.5. The van der Waals surface area contributed by atoms with Crippen LogP contribution in [0.5, 0.6) is 0 Å². The standard InChI is InChI=1S/C25H29ClFN3O6S/c1-14(2)28-22(31)17-10-20-21(11-18(17)27)37(34,35)13-19(29-24(33)36-25(3,4)5)23(32)30(20)12-15-6-8-16(26)9-7-15/h6-11,14,19H,12-13H2,1-5H3,(H,28,31)(H,29,33)/t19-/m0/s1. The summed E-state index contributed by atoms with van der Waals surface area (Å²) in [7, 11) is -4.30. The van der Waals surface area contributed by atoms with E-state index in [1.807, 2.05) is 0 Å². The Morgan fingerprint density at radius 1 is 1.19 bits per heavy atom. The number of nitrogens with one attached hydrogen (secondary N) is 2. The number of ether oxygens (including phenoxy) is 1. The molecule has 1 atom stereocenters. The first kappa shape index (κ1) is 28.4. The Labute approximate surface area is 220 Å². The Kier molecular flexibility index (Phi) is 8.18. The van der Waals surface area contributed by atoms with Gasteiger partial charge in [0.1, 0.15) is 17.5 Å². The molecule has 0 fully saturated rings. The summed E-state index contributed by atoms with van der Waals surface area (Å²) in [6.07, 6.45) is -0.985. The van der Waals surface area contributed by atoms with Crippen LogP contribution in [0.2, 0.25) is 5.02 Å². The van der Waals surface area contributed by atoms with Gasteiger partial charge in [-0.1, -0.05) is 23.7 Å². The fourth-order valence-electron chi connectivity index (χ4n) is 3.69. The predicted octanol–water partition coefficient (Wildman–Crippen LogP) is 3.83. The van der Waals surface area contributed by atoms with Gasteiger partial charge in [-0.3, -0.25) is 9.59 Å². The van der Waals surface area contributed by atoms with Gasteiger partial charge in [0.2, 0.25) is 0 Å². The molecule has 3 rings (SSSR count). The van der Waals surface area contributed by atoms with E-state index in [9.17, 15) is 22.8 Å². The number of alkyl carbamates (subject to hydrolysis) is 1. The van der Waals surface area contributed by atoms with Crippen LogP contribution in [0.1, 0.15) is 50.5 Å². The van der Waals surface area contributed by atoms with Gasteiger partial charge in [0, 0.05) is 11.1 Å². The van der Waals surface area contributed by atoms with Gasteiger partial charge < -0.3 is 20.3 Å². The molecular formula is C25H29ClFN3O6S. The molecule has 0 bridgehead atoms. The van der Waals surface area contributed by atoms with Gasteiger partial charge in [0.25, 0.3) is 11.8 Å². The molecule has 1 aliphatic heterocycles. The van der Waals surface area contributed by atoms with Crippen LogP contribution in [0.3, 0.4) is 0 Å². The third-order valence-electron chi connectivity index (χ3n) is 5.23.